The van der Waals surface area contributed by atoms with Crippen molar-refractivity contribution in [3.8, 4) is 17.2 Å². The molecule has 19 heavy (non-hydrogen) atoms. The molecule has 0 fully saturated rings. The Morgan fingerprint density at radius 1 is 1.05 bits per heavy atom. The van der Waals surface area contributed by atoms with Crippen molar-refractivity contribution in [2.75, 3.05) is 12.8 Å². The van der Waals surface area contributed by atoms with Gasteiger partial charge in [-0.15, -0.1) is 0 Å². The maximum absolute atomic E-state index is 12.9. The van der Waals surface area contributed by atoms with E-state index in [-0.39, 0.29) is 17.0 Å². The highest BCUT2D eigenvalue weighted by atomic mass is 19.3. The van der Waals surface area contributed by atoms with Crippen molar-refractivity contribution >= 4 is 5.69 Å². The third-order valence-electron chi connectivity index (χ3n) is 2.54. The molecule has 0 bridgehead atoms. The normalized spacial score (nSPS) is 10.5. The van der Waals surface area contributed by atoms with E-state index in [1.165, 1.54) is 25.3 Å². The zero-order valence-electron chi connectivity index (χ0n) is 10.3. The van der Waals surface area contributed by atoms with Crippen molar-refractivity contribution in [3.63, 3.8) is 0 Å². The van der Waals surface area contributed by atoms with Crippen LogP contribution in [0.2, 0.25) is 0 Å². The van der Waals surface area contributed by atoms with Gasteiger partial charge in [0.05, 0.1) is 12.7 Å². The molecule has 0 unspecified atom stereocenters. The molecule has 0 aromatic heterocycles. The Balaban J connectivity index is 2.32. The number of hydrogen-bond donors (Lipinski definition) is 1. The Morgan fingerprint density at radius 2 is 1.79 bits per heavy atom. The van der Waals surface area contributed by atoms with Gasteiger partial charge < -0.3 is 15.2 Å². The summed E-state index contributed by atoms with van der Waals surface area (Å²) in [5.41, 5.74) is 5.53. The van der Waals surface area contributed by atoms with Crippen LogP contribution in [0.1, 0.15) is 12.0 Å². The van der Waals surface area contributed by atoms with Crippen molar-refractivity contribution in [3.05, 3.63) is 48.0 Å². The molecule has 0 heterocycles. The summed E-state index contributed by atoms with van der Waals surface area (Å²) in [5.74, 6) is 1.09. The quantitative estimate of drug-likeness (QED) is 0.849. The molecule has 0 amide bonds. The van der Waals surface area contributed by atoms with Gasteiger partial charge in [-0.2, -0.15) is 0 Å². The largest absolute Gasteiger partial charge is 0.497 e. The van der Waals surface area contributed by atoms with Crippen LogP contribution in [0.3, 0.4) is 0 Å². The number of methoxy groups -OCH3 is 1. The molecule has 0 aliphatic carbocycles. The standard InChI is InChI=1S/C14H13F2NO2/c1-18-10-3-2-4-11(8-10)19-13-6-5-9(17)7-12(13)14(15)16/h2-8,14H,17H2,1H3. The summed E-state index contributed by atoms with van der Waals surface area (Å²) in [5, 5.41) is 0. The number of hydrogen-bond acceptors (Lipinski definition) is 3. The number of nitrogens with two attached hydrogens (primary N) is 1. The first kappa shape index (κ1) is 13.1. The number of halogens is 2. The Labute approximate surface area is 109 Å². The first-order valence-corrected chi connectivity index (χ1v) is 5.59. The lowest BCUT2D eigenvalue weighted by molar-refractivity contribution is 0.148. The SMILES string of the molecule is COc1cccc(Oc2ccc(N)cc2C(F)F)c1. The smallest absolute Gasteiger partial charge is 0.267 e. The van der Waals surface area contributed by atoms with Gasteiger partial charge in [-0.05, 0) is 30.3 Å². The van der Waals surface area contributed by atoms with Gasteiger partial charge in [0.2, 0.25) is 0 Å². The van der Waals surface area contributed by atoms with E-state index in [0.29, 0.717) is 11.5 Å². The second-order valence-corrected chi connectivity index (χ2v) is 3.88. The zero-order chi connectivity index (χ0) is 13.8. The van der Waals surface area contributed by atoms with Crippen LogP contribution in [0, 0.1) is 0 Å². The number of ether oxygens (including phenoxy) is 2. The van der Waals surface area contributed by atoms with E-state index in [2.05, 4.69) is 0 Å². The van der Waals surface area contributed by atoms with Crippen molar-refractivity contribution < 1.29 is 18.3 Å². The summed E-state index contributed by atoms with van der Waals surface area (Å²) in [4.78, 5) is 0. The van der Waals surface area contributed by atoms with Gasteiger partial charge in [0.1, 0.15) is 17.2 Å². The minimum absolute atomic E-state index is 0.0810. The number of anilines is 1. The van der Waals surface area contributed by atoms with E-state index in [1.54, 1.807) is 24.3 Å². The molecule has 100 valence electrons. The highest BCUT2D eigenvalue weighted by Crippen LogP contribution is 2.34. The summed E-state index contributed by atoms with van der Waals surface area (Å²) in [6.45, 7) is 0. The van der Waals surface area contributed by atoms with Crippen LogP contribution < -0.4 is 15.2 Å². The molecule has 5 heteroatoms. The molecule has 0 spiro atoms. The number of alkyl halides is 2. The van der Waals surface area contributed by atoms with Gasteiger partial charge in [0, 0.05) is 11.8 Å². The average Bonchev–Trinajstić information content (AvgIpc) is 2.41. The molecule has 0 saturated carbocycles. The summed E-state index contributed by atoms with van der Waals surface area (Å²) in [7, 11) is 1.52. The fourth-order valence-corrected chi connectivity index (χ4v) is 1.62. The molecule has 2 aromatic carbocycles. The predicted molar refractivity (Wildman–Crippen MR) is 68.9 cm³/mol. The van der Waals surface area contributed by atoms with Crippen molar-refractivity contribution in [2.24, 2.45) is 0 Å². The summed E-state index contributed by atoms with van der Waals surface area (Å²) >= 11 is 0. The molecule has 3 nitrogen and oxygen atoms in total. The highest BCUT2D eigenvalue weighted by molar-refractivity contribution is 5.50. The molecule has 0 atom stereocenters. The van der Waals surface area contributed by atoms with Crippen LogP contribution in [0.25, 0.3) is 0 Å². The van der Waals surface area contributed by atoms with Gasteiger partial charge in [0.25, 0.3) is 6.43 Å². The van der Waals surface area contributed by atoms with Crippen LogP contribution in [0.15, 0.2) is 42.5 Å². The third kappa shape index (κ3) is 3.13. The Morgan fingerprint density at radius 3 is 2.47 bits per heavy atom. The first-order chi connectivity index (χ1) is 9.10. The molecule has 2 N–H and O–H groups in total. The lowest BCUT2D eigenvalue weighted by Gasteiger charge is -2.12. The Bertz CT molecular complexity index is 573. The number of rotatable bonds is 4. The summed E-state index contributed by atoms with van der Waals surface area (Å²) in [6.07, 6.45) is -2.65. The fraction of sp³-hybridized carbons (Fsp3) is 0.143. The zero-order valence-corrected chi connectivity index (χ0v) is 10.3. The van der Waals surface area contributed by atoms with Crippen molar-refractivity contribution in [2.45, 2.75) is 6.43 Å². The number of nitrogen functional groups attached to an aromatic ring is 1. The van der Waals surface area contributed by atoms with E-state index < -0.39 is 6.43 Å². The fourth-order valence-electron chi connectivity index (χ4n) is 1.62. The second kappa shape index (κ2) is 5.56. The molecule has 0 radical (unpaired) electrons. The van der Waals surface area contributed by atoms with E-state index in [4.69, 9.17) is 15.2 Å². The summed E-state index contributed by atoms with van der Waals surface area (Å²) in [6, 6.07) is 10.9. The maximum atomic E-state index is 12.9. The Hall–Kier alpha value is -2.30. The first-order valence-electron chi connectivity index (χ1n) is 5.59. The lowest BCUT2D eigenvalue weighted by Crippen LogP contribution is -1.95. The predicted octanol–water partition coefficient (Wildman–Crippen LogP) is 4.01. The minimum atomic E-state index is -2.65. The van der Waals surface area contributed by atoms with E-state index in [1.807, 2.05) is 0 Å². The molecule has 0 saturated heterocycles. The third-order valence-corrected chi connectivity index (χ3v) is 2.54. The van der Waals surface area contributed by atoms with Gasteiger partial charge in [0.15, 0.2) is 0 Å². The highest BCUT2D eigenvalue weighted by Gasteiger charge is 2.15. The van der Waals surface area contributed by atoms with Crippen LogP contribution >= 0.6 is 0 Å². The number of benzene rings is 2. The molecular formula is C14H13F2NO2. The lowest BCUT2D eigenvalue weighted by atomic mass is 10.2. The van der Waals surface area contributed by atoms with Crippen LogP contribution in [-0.4, -0.2) is 7.11 Å². The van der Waals surface area contributed by atoms with E-state index in [0.717, 1.165) is 0 Å². The molecule has 2 aromatic rings. The molecule has 0 aliphatic heterocycles. The van der Waals surface area contributed by atoms with Crippen LogP contribution in [0.5, 0.6) is 17.2 Å². The molecular weight excluding hydrogens is 252 g/mol. The van der Waals surface area contributed by atoms with Gasteiger partial charge in [-0.3, -0.25) is 0 Å². The van der Waals surface area contributed by atoms with Crippen molar-refractivity contribution in [1.82, 2.24) is 0 Å². The van der Waals surface area contributed by atoms with Crippen LogP contribution in [0.4, 0.5) is 14.5 Å². The topological polar surface area (TPSA) is 44.5 Å². The van der Waals surface area contributed by atoms with Gasteiger partial charge in [-0.1, -0.05) is 6.07 Å². The van der Waals surface area contributed by atoms with Gasteiger partial charge in [-0.25, -0.2) is 8.78 Å². The second-order valence-electron chi connectivity index (χ2n) is 3.88. The van der Waals surface area contributed by atoms with E-state index in [9.17, 15) is 8.78 Å². The molecule has 0 aliphatic rings. The average molecular weight is 265 g/mol. The monoisotopic (exact) mass is 265 g/mol. The Kier molecular flexibility index (Phi) is 3.85. The van der Waals surface area contributed by atoms with Crippen molar-refractivity contribution in [1.29, 1.82) is 0 Å². The minimum Gasteiger partial charge on any atom is -0.497 e. The van der Waals surface area contributed by atoms with Crippen LogP contribution in [-0.2, 0) is 0 Å². The summed E-state index contributed by atoms with van der Waals surface area (Å²) < 4.78 is 36.3. The van der Waals surface area contributed by atoms with Gasteiger partial charge >= 0.3 is 0 Å². The molecule has 2 rings (SSSR count). The van der Waals surface area contributed by atoms with E-state index >= 15 is 0 Å². The maximum Gasteiger partial charge on any atom is 0.267 e.